The Balaban J connectivity index is 3.50. The van der Waals surface area contributed by atoms with Crippen LogP contribution in [0.2, 0.25) is 0 Å². The number of aldehydes is 1. The lowest BCUT2D eigenvalue weighted by molar-refractivity contribution is -0.385. The maximum Gasteiger partial charge on any atom is 0.280 e. The smallest absolute Gasteiger partial charge is 0.280 e. The molecule has 0 atom stereocenters. The van der Waals surface area contributed by atoms with Crippen molar-refractivity contribution in [2.24, 2.45) is 0 Å². The van der Waals surface area contributed by atoms with E-state index in [1.165, 1.54) is 6.07 Å². The molecule has 0 aliphatic rings. The second-order valence-corrected chi connectivity index (χ2v) is 4.05. The zero-order valence-electron chi connectivity index (χ0n) is 7.07. The second kappa shape index (κ2) is 4.67. The summed E-state index contributed by atoms with van der Waals surface area (Å²) < 4.78 is 0.403. The highest BCUT2D eigenvalue weighted by Crippen LogP contribution is 2.24. The van der Waals surface area contributed by atoms with Crippen molar-refractivity contribution in [3.05, 3.63) is 36.9 Å². The van der Waals surface area contributed by atoms with Gasteiger partial charge < -0.3 is 0 Å². The van der Waals surface area contributed by atoms with Gasteiger partial charge in [0.2, 0.25) is 0 Å². The minimum Gasteiger partial charge on any atom is -0.298 e. The van der Waals surface area contributed by atoms with Crippen molar-refractivity contribution in [2.75, 3.05) is 0 Å². The molecule has 0 saturated carbocycles. The minimum absolute atomic E-state index is 0.0227. The average molecular weight is 339 g/mol. The molecule has 1 aromatic rings. The number of nitro benzene ring substituents is 1. The number of nitrogens with zero attached hydrogens (tertiary/aromatic N) is 1. The molecule has 0 radical (unpaired) electrons. The quantitative estimate of drug-likeness (QED) is 0.278. The molecule has 0 aromatic heterocycles. The summed E-state index contributed by atoms with van der Waals surface area (Å²) in [5.41, 5.74) is -0.477. The van der Waals surface area contributed by atoms with Crippen LogP contribution in [0.25, 0.3) is 0 Å². The first kappa shape index (κ1) is 12.1. The van der Waals surface area contributed by atoms with Crippen LogP contribution in [0.1, 0.15) is 20.7 Å². The standard InChI is InChI=1S/C8H3ClINO4/c9-8(13)5-2-7(11(14)15)4(3-12)1-6(5)10/h1-3H. The molecule has 78 valence electrons. The number of rotatable bonds is 3. The van der Waals surface area contributed by atoms with Gasteiger partial charge >= 0.3 is 0 Å². The van der Waals surface area contributed by atoms with Gasteiger partial charge in [-0.3, -0.25) is 19.7 Å². The Labute approximate surface area is 103 Å². The van der Waals surface area contributed by atoms with E-state index in [0.29, 0.717) is 9.86 Å². The highest BCUT2D eigenvalue weighted by molar-refractivity contribution is 14.1. The van der Waals surface area contributed by atoms with Gasteiger partial charge in [-0.05, 0) is 40.3 Å². The monoisotopic (exact) mass is 339 g/mol. The largest absolute Gasteiger partial charge is 0.298 e. The van der Waals surface area contributed by atoms with Crippen molar-refractivity contribution in [1.82, 2.24) is 0 Å². The van der Waals surface area contributed by atoms with E-state index in [2.05, 4.69) is 0 Å². The summed E-state index contributed by atoms with van der Waals surface area (Å²) in [5, 5.41) is 9.76. The third-order valence-electron chi connectivity index (χ3n) is 1.65. The fourth-order valence-corrected chi connectivity index (χ4v) is 2.03. The maximum absolute atomic E-state index is 10.9. The summed E-state index contributed by atoms with van der Waals surface area (Å²) in [5.74, 6) is 0. The molecule has 1 rings (SSSR count). The van der Waals surface area contributed by atoms with Gasteiger partial charge in [0.1, 0.15) is 0 Å². The number of hydrogen-bond acceptors (Lipinski definition) is 4. The van der Waals surface area contributed by atoms with E-state index >= 15 is 0 Å². The highest BCUT2D eigenvalue weighted by Gasteiger charge is 2.19. The molecule has 0 unspecified atom stereocenters. The minimum atomic E-state index is -0.792. The molecule has 5 nitrogen and oxygen atoms in total. The molecule has 15 heavy (non-hydrogen) atoms. The van der Waals surface area contributed by atoms with Gasteiger partial charge in [-0.25, -0.2) is 0 Å². The van der Waals surface area contributed by atoms with Crippen LogP contribution < -0.4 is 0 Å². The van der Waals surface area contributed by atoms with Gasteiger partial charge in [-0.2, -0.15) is 0 Å². The highest BCUT2D eigenvalue weighted by atomic mass is 127. The number of carbonyl (C=O) groups excluding carboxylic acids is 2. The van der Waals surface area contributed by atoms with Crippen LogP contribution in [0.4, 0.5) is 5.69 Å². The zero-order chi connectivity index (χ0) is 11.6. The number of halogens is 2. The first-order valence-electron chi connectivity index (χ1n) is 3.60. The van der Waals surface area contributed by atoms with E-state index in [4.69, 9.17) is 11.6 Å². The Hall–Kier alpha value is -1.02. The van der Waals surface area contributed by atoms with Crippen molar-refractivity contribution in [3.63, 3.8) is 0 Å². The Bertz CT molecular complexity index is 460. The Kier molecular flexibility index (Phi) is 3.75. The summed E-state index contributed by atoms with van der Waals surface area (Å²) in [4.78, 5) is 31.3. The molecule has 0 amide bonds. The van der Waals surface area contributed by atoms with Crippen LogP contribution in [0.15, 0.2) is 12.1 Å². The summed E-state index contributed by atoms with van der Waals surface area (Å²) in [7, 11) is 0. The summed E-state index contributed by atoms with van der Waals surface area (Å²) in [6.07, 6.45) is 0.364. The fourth-order valence-electron chi connectivity index (χ4n) is 0.980. The first-order chi connectivity index (χ1) is 6.97. The van der Waals surface area contributed by atoms with Crippen LogP contribution in [0.3, 0.4) is 0 Å². The van der Waals surface area contributed by atoms with E-state index in [0.717, 1.165) is 6.07 Å². The van der Waals surface area contributed by atoms with E-state index < -0.39 is 15.9 Å². The normalized spacial score (nSPS) is 9.73. The lowest BCUT2D eigenvalue weighted by atomic mass is 10.1. The average Bonchev–Trinajstić information content (AvgIpc) is 2.16. The molecule has 0 heterocycles. The fraction of sp³-hybridized carbons (Fsp3) is 0. The predicted octanol–water partition coefficient (Wildman–Crippen LogP) is 2.39. The molecule has 0 aliphatic heterocycles. The van der Waals surface area contributed by atoms with Crippen LogP contribution in [-0.2, 0) is 0 Å². The summed E-state index contributed by atoms with van der Waals surface area (Å²) in [6, 6.07) is 2.25. The number of carbonyl (C=O) groups is 2. The molecular formula is C8H3ClINO4. The summed E-state index contributed by atoms with van der Waals surface area (Å²) in [6.45, 7) is 0. The third-order valence-corrected chi connectivity index (χ3v) is 2.75. The second-order valence-electron chi connectivity index (χ2n) is 2.54. The van der Waals surface area contributed by atoms with Crippen LogP contribution in [0.5, 0.6) is 0 Å². The SMILES string of the molecule is O=Cc1cc(I)c(C(=O)Cl)cc1[N+](=O)[O-]. The zero-order valence-corrected chi connectivity index (χ0v) is 9.98. The van der Waals surface area contributed by atoms with Crippen molar-refractivity contribution in [3.8, 4) is 0 Å². The van der Waals surface area contributed by atoms with Gasteiger partial charge in [0.25, 0.3) is 10.9 Å². The summed E-state index contributed by atoms with van der Waals surface area (Å²) >= 11 is 7.00. The molecule has 0 bridgehead atoms. The van der Waals surface area contributed by atoms with Crippen LogP contribution >= 0.6 is 34.2 Å². The molecular weight excluding hydrogens is 336 g/mol. The number of benzene rings is 1. The Morgan fingerprint density at radius 1 is 1.53 bits per heavy atom. The first-order valence-corrected chi connectivity index (χ1v) is 5.06. The molecule has 0 fully saturated rings. The third kappa shape index (κ3) is 2.51. The lowest BCUT2D eigenvalue weighted by Crippen LogP contribution is -2.01. The van der Waals surface area contributed by atoms with Crippen molar-refractivity contribution >= 4 is 51.4 Å². The molecule has 0 aliphatic carbocycles. The topological polar surface area (TPSA) is 77.3 Å². The van der Waals surface area contributed by atoms with Crippen molar-refractivity contribution < 1.29 is 14.5 Å². The molecule has 0 saturated heterocycles. The van der Waals surface area contributed by atoms with Gasteiger partial charge in [0.05, 0.1) is 16.1 Å². The van der Waals surface area contributed by atoms with E-state index in [1.807, 2.05) is 0 Å². The van der Waals surface area contributed by atoms with Crippen molar-refractivity contribution in [2.45, 2.75) is 0 Å². The predicted molar refractivity (Wildman–Crippen MR) is 61.4 cm³/mol. The molecule has 0 spiro atoms. The Morgan fingerprint density at radius 2 is 2.13 bits per heavy atom. The van der Waals surface area contributed by atoms with Gasteiger partial charge in [0.15, 0.2) is 6.29 Å². The van der Waals surface area contributed by atoms with Crippen LogP contribution in [0, 0.1) is 13.7 Å². The van der Waals surface area contributed by atoms with Gasteiger partial charge in [-0.1, -0.05) is 0 Å². The van der Waals surface area contributed by atoms with E-state index in [1.54, 1.807) is 22.6 Å². The maximum atomic E-state index is 10.9. The van der Waals surface area contributed by atoms with Gasteiger partial charge in [0, 0.05) is 9.64 Å². The van der Waals surface area contributed by atoms with E-state index in [9.17, 15) is 19.7 Å². The number of hydrogen-bond donors (Lipinski definition) is 0. The van der Waals surface area contributed by atoms with E-state index in [-0.39, 0.29) is 11.1 Å². The van der Waals surface area contributed by atoms with Gasteiger partial charge in [-0.15, -0.1) is 0 Å². The van der Waals surface area contributed by atoms with Crippen LogP contribution in [-0.4, -0.2) is 16.5 Å². The Morgan fingerprint density at radius 3 is 2.53 bits per heavy atom. The lowest BCUT2D eigenvalue weighted by Gasteiger charge is -2.01. The van der Waals surface area contributed by atoms with Crippen molar-refractivity contribution in [1.29, 1.82) is 0 Å². The molecule has 1 aromatic carbocycles. The molecule has 7 heteroatoms. The number of nitro groups is 1. The molecule has 0 N–H and O–H groups in total.